The molecule has 0 aromatic heterocycles. The van der Waals surface area contributed by atoms with Crippen molar-refractivity contribution in [2.45, 2.75) is 23.6 Å². The number of allylic oxidation sites excluding steroid dienone is 6. The predicted octanol–water partition coefficient (Wildman–Crippen LogP) is 3.60. The van der Waals surface area contributed by atoms with Gasteiger partial charge in [-0.3, -0.25) is 0 Å². The highest BCUT2D eigenvalue weighted by atomic mass is 79.9. The minimum absolute atomic E-state index is 0.351. The van der Waals surface area contributed by atoms with Crippen molar-refractivity contribution >= 4 is 15.9 Å². The monoisotopic (exact) mass is 236 g/mol. The first kappa shape index (κ1) is 8.05. The molecule has 3 rings (SSSR count). The molecule has 0 radical (unpaired) electrons. The summed E-state index contributed by atoms with van der Waals surface area (Å²) in [6.07, 6.45) is 15.3. The average molecular weight is 237 g/mol. The van der Waals surface area contributed by atoms with Crippen LogP contribution in [0.5, 0.6) is 0 Å². The molecule has 0 N–H and O–H groups in total. The zero-order valence-corrected chi connectivity index (χ0v) is 9.13. The van der Waals surface area contributed by atoms with E-state index in [0.717, 1.165) is 18.3 Å². The zero-order chi connectivity index (χ0) is 8.89. The SMILES string of the molecule is BrC1(C2=CCC=C2)C2CC=CCC21. The molecule has 1 fully saturated rings. The van der Waals surface area contributed by atoms with E-state index in [9.17, 15) is 0 Å². The van der Waals surface area contributed by atoms with Crippen LogP contribution in [0.25, 0.3) is 0 Å². The van der Waals surface area contributed by atoms with Crippen LogP contribution in [0, 0.1) is 11.8 Å². The van der Waals surface area contributed by atoms with Gasteiger partial charge in [-0.25, -0.2) is 0 Å². The van der Waals surface area contributed by atoms with Crippen molar-refractivity contribution in [1.29, 1.82) is 0 Å². The van der Waals surface area contributed by atoms with E-state index >= 15 is 0 Å². The van der Waals surface area contributed by atoms with Gasteiger partial charge in [0.05, 0.1) is 4.32 Å². The summed E-state index contributed by atoms with van der Waals surface area (Å²) >= 11 is 3.95. The van der Waals surface area contributed by atoms with Crippen molar-refractivity contribution in [3.63, 3.8) is 0 Å². The van der Waals surface area contributed by atoms with E-state index in [0.29, 0.717) is 4.32 Å². The van der Waals surface area contributed by atoms with E-state index < -0.39 is 0 Å². The number of fused-ring (bicyclic) bond motifs is 1. The molecule has 1 heteroatoms. The normalized spacial score (nSPS) is 46.1. The lowest BCUT2D eigenvalue weighted by atomic mass is 10.1. The van der Waals surface area contributed by atoms with E-state index in [-0.39, 0.29) is 0 Å². The second-order valence-corrected chi connectivity index (χ2v) is 5.53. The third kappa shape index (κ3) is 0.969. The van der Waals surface area contributed by atoms with Gasteiger partial charge in [0.15, 0.2) is 0 Å². The summed E-state index contributed by atoms with van der Waals surface area (Å²) in [5, 5.41) is 0. The molecule has 0 aromatic rings. The molecule has 13 heavy (non-hydrogen) atoms. The molecule has 0 aromatic carbocycles. The molecule has 2 atom stereocenters. The van der Waals surface area contributed by atoms with Gasteiger partial charge in [0.1, 0.15) is 0 Å². The molecule has 3 aliphatic rings. The molecule has 1 saturated carbocycles. The Morgan fingerprint density at radius 3 is 2.38 bits per heavy atom. The Balaban J connectivity index is 1.89. The summed E-state index contributed by atoms with van der Waals surface area (Å²) in [7, 11) is 0. The van der Waals surface area contributed by atoms with Crippen LogP contribution < -0.4 is 0 Å². The third-order valence-electron chi connectivity index (χ3n) is 3.62. The maximum Gasteiger partial charge on any atom is 0.0571 e. The summed E-state index contributed by atoms with van der Waals surface area (Å²) in [5.74, 6) is 1.73. The predicted molar refractivity (Wildman–Crippen MR) is 58.9 cm³/mol. The molecule has 0 saturated heterocycles. The van der Waals surface area contributed by atoms with E-state index in [2.05, 4.69) is 46.3 Å². The Morgan fingerprint density at radius 1 is 1.15 bits per heavy atom. The van der Waals surface area contributed by atoms with Crippen LogP contribution in [0.4, 0.5) is 0 Å². The van der Waals surface area contributed by atoms with Crippen LogP contribution in [0.2, 0.25) is 0 Å². The average Bonchev–Trinajstić information content (AvgIpc) is 2.62. The number of hydrogen-bond acceptors (Lipinski definition) is 0. The largest absolute Gasteiger partial charge is 0.0882 e. The first-order valence-electron chi connectivity index (χ1n) is 5.04. The van der Waals surface area contributed by atoms with Crippen molar-refractivity contribution in [2.75, 3.05) is 0 Å². The van der Waals surface area contributed by atoms with Crippen LogP contribution in [-0.2, 0) is 0 Å². The second-order valence-electron chi connectivity index (χ2n) is 4.22. The fraction of sp³-hybridized carbons (Fsp3) is 0.500. The molecule has 0 nitrogen and oxygen atoms in total. The van der Waals surface area contributed by atoms with Gasteiger partial charge in [-0.15, -0.1) is 0 Å². The van der Waals surface area contributed by atoms with Gasteiger partial charge in [-0.1, -0.05) is 46.3 Å². The van der Waals surface area contributed by atoms with Gasteiger partial charge in [-0.2, -0.15) is 0 Å². The van der Waals surface area contributed by atoms with Gasteiger partial charge in [0, 0.05) is 0 Å². The van der Waals surface area contributed by atoms with Crippen LogP contribution in [0.1, 0.15) is 19.3 Å². The molecule has 0 aliphatic heterocycles. The molecule has 2 unspecified atom stereocenters. The fourth-order valence-corrected chi connectivity index (χ4v) is 4.00. The lowest BCUT2D eigenvalue weighted by Crippen LogP contribution is -2.04. The first-order chi connectivity index (χ1) is 6.33. The van der Waals surface area contributed by atoms with Gasteiger partial charge < -0.3 is 0 Å². The van der Waals surface area contributed by atoms with Crippen molar-refractivity contribution in [2.24, 2.45) is 11.8 Å². The number of rotatable bonds is 1. The van der Waals surface area contributed by atoms with Gasteiger partial charge in [-0.05, 0) is 36.7 Å². The molecule has 0 spiro atoms. The zero-order valence-electron chi connectivity index (χ0n) is 7.54. The quantitative estimate of drug-likeness (QED) is 0.482. The molecule has 0 heterocycles. The minimum atomic E-state index is 0.351. The molecular weight excluding hydrogens is 224 g/mol. The van der Waals surface area contributed by atoms with Crippen molar-refractivity contribution in [3.05, 3.63) is 36.0 Å². The number of halogens is 1. The molecule has 0 amide bonds. The maximum atomic E-state index is 3.95. The van der Waals surface area contributed by atoms with Crippen LogP contribution in [0.15, 0.2) is 36.0 Å². The van der Waals surface area contributed by atoms with E-state index in [1.54, 1.807) is 0 Å². The van der Waals surface area contributed by atoms with Gasteiger partial charge in [0.2, 0.25) is 0 Å². The Hall–Kier alpha value is -0.300. The molecular formula is C12H13Br. The fourth-order valence-electron chi connectivity index (χ4n) is 2.83. The third-order valence-corrected chi connectivity index (χ3v) is 5.25. The van der Waals surface area contributed by atoms with E-state index in [4.69, 9.17) is 0 Å². The highest BCUT2D eigenvalue weighted by Crippen LogP contribution is 2.66. The molecule has 0 bridgehead atoms. The van der Waals surface area contributed by atoms with Crippen molar-refractivity contribution in [1.82, 2.24) is 0 Å². The minimum Gasteiger partial charge on any atom is -0.0882 e. The standard InChI is InChI=1S/C12H13Br/c13-12(9-5-1-2-6-9)10-7-3-4-8-11(10)12/h1,3-6,10-11H,2,7-8H2. The Bertz CT molecular complexity index is 308. The van der Waals surface area contributed by atoms with E-state index in [1.807, 2.05) is 0 Å². The van der Waals surface area contributed by atoms with Crippen molar-refractivity contribution < 1.29 is 0 Å². The Labute approximate surface area is 87.5 Å². The van der Waals surface area contributed by atoms with Crippen LogP contribution >= 0.6 is 15.9 Å². The maximum absolute atomic E-state index is 3.95. The van der Waals surface area contributed by atoms with Crippen LogP contribution in [0.3, 0.4) is 0 Å². The summed E-state index contributed by atoms with van der Waals surface area (Å²) in [5.41, 5.74) is 1.53. The summed E-state index contributed by atoms with van der Waals surface area (Å²) < 4.78 is 0.351. The highest BCUT2D eigenvalue weighted by molar-refractivity contribution is 9.10. The Morgan fingerprint density at radius 2 is 1.85 bits per heavy atom. The smallest absolute Gasteiger partial charge is 0.0571 e. The summed E-state index contributed by atoms with van der Waals surface area (Å²) in [6.45, 7) is 0. The van der Waals surface area contributed by atoms with Gasteiger partial charge >= 0.3 is 0 Å². The molecule has 68 valence electrons. The molecule has 3 aliphatic carbocycles. The lowest BCUT2D eigenvalue weighted by molar-refractivity contribution is 0.689. The summed E-state index contributed by atoms with van der Waals surface area (Å²) in [4.78, 5) is 0. The first-order valence-corrected chi connectivity index (χ1v) is 5.84. The lowest BCUT2D eigenvalue weighted by Gasteiger charge is -2.08. The highest BCUT2D eigenvalue weighted by Gasteiger charge is 2.63. The topological polar surface area (TPSA) is 0 Å². The number of hydrogen-bond donors (Lipinski definition) is 0. The second kappa shape index (κ2) is 2.60. The number of alkyl halides is 1. The van der Waals surface area contributed by atoms with Crippen molar-refractivity contribution in [3.8, 4) is 0 Å². The van der Waals surface area contributed by atoms with E-state index in [1.165, 1.54) is 18.4 Å². The summed E-state index contributed by atoms with van der Waals surface area (Å²) in [6, 6.07) is 0. The Kier molecular flexibility index (Phi) is 1.61. The van der Waals surface area contributed by atoms with Crippen LogP contribution in [-0.4, -0.2) is 4.32 Å². The van der Waals surface area contributed by atoms with Gasteiger partial charge in [0.25, 0.3) is 0 Å².